The molecule has 1 unspecified atom stereocenters. The van der Waals surface area contributed by atoms with E-state index < -0.39 is 12.1 Å². The van der Waals surface area contributed by atoms with Crippen LogP contribution >= 0.6 is 0 Å². The van der Waals surface area contributed by atoms with Gasteiger partial charge in [0.15, 0.2) is 5.78 Å². The predicted octanol–water partition coefficient (Wildman–Crippen LogP) is 3.25. The molecule has 0 aromatic rings. The average molecular weight is 352 g/mol. The number of aliphatic carboxylic acids is 1. The Labute approximate surface area is 150 Å². The molecule has 0 aliphatic heterocycles. The van der Waals surface area contributed by atoms with Crippen LogP contribution in [0, 0.1) is 11.8 Å². The minimum atomic E-state index is -0.757. The fourth-order valence-electron chi connectivity index (χ4n) is 3.16. The van der Waals surface area contributed by atoms with Gasteiger partial charge < -0.3 is 15.3 Å². The molecule has 3 N–H and O–H groups in total. The number of carboxylic acids is 1. The van der Waals surface area contributed by atoms with E-state index in [1.807, 2.05) is 12.2 Å². The van der Waals surface area contributed by atoms with Crippen molar-refractivity contribution in [2.75, 3.05) is 0 Å². The molecule has 0 fully saturated rings. The van der Waals surface area contributed by atoms with Gasteiger partial charge in [0.25, 0.3) is 0 Å². The molecule has 0 amide bonds. The number of allylic oxidation sites excluding steroid dienone is 3. The zero-order valence-electron chi connectivity index (χ0n) is 15.1. The standard InChI is InChI=1S/C20H32O5/c1-15(21)7-6-8-17(22)13-11-16-12-14-19(23)18(16)9-4-2-3-5-10-20(24)25/h11-18,21-22H,2-10H2,1H3,(H,24,25)/t15?,16-,17-,18+/m0/s1. The van der Waals surface area contributed by atoms with Gasteiger partial charge in [-0.3, -0.25) is 9.59 Å². The highest BCUT2D eigenvalue weighted by Gasteiger charge is 2.27. The van der Waals surface area contributed by atoms with E-state index in [9.17, 15) is 19.8 Å². The van der Waals surface area contributed by atoms with Crippen LogP contribution < -0.4 is 0 Å². The second-order valence-electron chi connectivity index (χ2n) is 7.02. The Morgan fingerprint density at radius 1 is 1.16 bits per heavy atom. The van der Waals surface area contributed by atoms with Crippen LogP contribution in [0.15, 0.2) is 24.3 Å². The monoisotopic (exact) mass is 352 g/mol. The van der Waals surface area contributed by atoms with Crippen molar-refractivity contribution in [2.45, 2.75) is 76.9 Å². The molecular weight excluding hydrogens is 320 g/mol. The van der Waals surface area contributed by atoms with Crippen LogP contribution in [0.25, 0.3) is 0 Å². The first-order chi connectivity index (χ1) is 11.9. The van der Waals surface area contributed by atoms with Gasteiger partial charge in [-0.25, -0.2) is 0 Å². The summed E-state index contributed by atoms with van der Waals surface area (Å²) >= 11 is 0. The van der Waals surface area contributed by atoms with Crippen LogP contribution in [-0.4, -0.2) is 39.3 Å². The van der Waals surface area contributed by atoms with E-state index in [2.05, 4.69) is 0 Å². The first-order valence-corrected chi connectivity index (χ1v) is 9.38. The molecule has 5 heteroatoms. The lowest BCUT2D eigenvalue weighted by atomic mass is 9.88. The summed E-state index contributed by atoms with van der Waals surface area (Å²) < 4.78 is 0. The third kappa shape index (κ3) is 9.56. The van der Waals surface area contributed by atoms with Crippen molar-refractivity contribution in [2.24, 2.45) is 11.8 Å². The smallest absolute Gasteiger partial charge is 0.303 e. The second-order valence-corrected chi connectivity index (χ2v) is 7.02. The molecular formula is C20H32O5. The highest BCUT2D eigenvalue weighted by molar-refractivity contribution is 5.94. The number of unbranched alkanes of at least 4 members (excludes halogenated alkanes) is 3. The summed E-state index contributed by atoms with van der Waals surface area (Å²) in [6.45, 7) is 1.74. The Balaban J connectivity index is 2.30. The van der Waals surface area contributed by atoms with Crippen LogP contribution in [-0.2, 0) is 9.59 Å². The Kier molecular flexibility index (Phi) is 10.3. The number of carboxylic acid groups (broad SMARTS) is 1. The van der Waals surface area contributed by atoms with E-state index in [4.69, 9.17) is 5.11 Å². The Morgan fingerprint density at radius 3 is 2.56 bits per heavy atom. The fraction of sp³-hybridized carbons (Fsp3) is 0.700. The molecule has 0 aromatic carbocycles. The van der Waals surface area contributed by atoms with E-state index in [-0.39, 0.29) is 30.1 Å². The van der Waals surface area contributed by atoms with E-state index in [0.29, 0.717) is 19.3 Å². The maximum absolute atomic E-state index is 12.0. The van der Waals surface area contributed by atoms with Crippen molar-refractivity contribution < 1.29 is 24.9 Å². The molecule has 0 bridgehead atoms. The molecule has 5 nitrogen and oxygen atoms in total. The highest BCUT2D eigenvalue weighted by atomic mass is 16.4. The molecule has 4 atom stereocenters. The summed E-state index contributed by atoms with van der Waals surface area (Å²) in [7, 11) is 0. The number of carbonyl (C=O) groups excluding carboxylic acids is 1. The van der Waals surface area contributed by atoms with Crippen LogP contribution in [0.1, 0.15) is 64.7 Å². The van der Waals surface area contributed by atoms with Crippen molar-refractivity contribution in [1.82, 2.24) is 0 Å². The summed E-state index contributed by atoms with van der Waals surface area (Å²) in [5.74, 6) is -0.630. The number of rotatable bonds is 13. The third-order valence-corrected chi connectivity index (χ3v) is 4.65. The maximum atomic E-state index is 12.0. The van der Waals surface area contributed by atoms with E-state index in [1.165, 1.54) is 0 Å². The van der Waals surface area contributed by atoms with Crippen LogP contribution in [0.2, 0.25) is 0 Å². The lowest BCUT2D eigenvalue weighted by molar-refractivity contribution is -0.137. The average Bonchev–Trinajstić information content (AvgIpc) is 2.88. The fourth-order valence-corrected chi connectivity index (χ4v) is 3.16. The molecule has 142 valence electrons. The Bertz CT molecular complexity index is 467. The van der Waals surface area contributed by atoms with Gasteiger partial charge in [0, 0.05) is 18.3 Å². The zero-order valence-corrected chi connectivity index (χ0v) is 15.1. The Hall–Kier alpha value is -1.46. The highest BCUT2D eigenvalue weighted by Crippen LogP contribution is 2.29. The zero-order chi connectivity index (χ0) is 18.7. The van der Waals surface area contributed by atoms with Crippen molar-refractivity contribution in [3.63, 3.8) is 0 Å². The molecule has 1 aliphatic rings. The summed E-state index contributed by atoms with van der Waals surface area (Å²) in [4.78, 5) is 22.5. The second kappa shape index (κ2) is 12.0. The minimum absolute atomic E-state index is 0.0398. The molecule has 25 heavy (non-hydrogen) atoms. The van der Waals surface area contributed by atoms with Crippen molar-refractivity contribution in [3.8, 4) is 0 Å². The molecule has 0 saturated carbocycles. The summed E-state index contributed by atoms with van der Waals surface area (Å²) in [6, 6.07) is 0. The van der Waals surface area contributed by atoms with E-state index in [1.54, 1.807) is 19.1 Å². The van der Waals surface area contributed by atoms with Gasteiger partial charge in [-0.15, -0.1) is 0 Å². The number of carbonyl (C=O) groups is 2. The number of aliphatic hydroxyl groups excluding tert-OH is 2. The molecule has 0 saturated heterocycles. The molecule has 0 radical (unpaired) electrons. The van der Waals surface area contributed by atoms with Crippen molar-refractivity contribution in [3.05, 3.63) is 24.3 Å². The quantitative estimate of drug-likeness (QED) is 0.349. The molecule has 1 aliphatic carbocycles. The summed E-state index contributed by atoms with van der Waals surface area (Å²) in [6.07, 6.45) is 12.8. The first-order valence-electron chi connectivity index (χ1n) is 9.38. The van der Waals surface area contributed by atoms with Gasteiger partial charge in [0.2, 0.25) is 0 Å². The number of hydrogen-bond acceptors (Lipinski definition) is 4. The number of aliphatic hydroxyl groups is 2. The maximum Gasteiger partial charge on any atom is 0.303 e. The Morgan fingerprint density at radius 2 is 1.88 bits per heavy atom. The molecule has 1 rings (SSSR count). The first kappa shape index (κ1) is 21.6. The lowest BCUT2D eigenvalue weighted by Crippen LogP contribution is -2.15. The van der Waals surface area contributed by atoms with Gasteiger partial charge in [-0.1, -0.05) is 37.5 Å². The van der Waals surface area contributed by atoms with Crippen LogP contribution in [0.5, 0.6) is 0 Å². The topological polar surface area (TPSA) is 94.8 Å². The van der Waals surface area contributed by atoms with Crippen LogP contribution in [0.3, 0.4) is 0 Å². The van der Waals surface area contributed by atoms with Crippen molar-refractivity contribution >= 4 is 11.8 Å². The van der Waals surface area contributed by atoms with Crippen LogP contribution in [0.4, 0.5) is 0 Å². The van der Waals surface area contributed by atoms with E-state index in [0.717, 1.165) is 32.1 Å². The summed E-state index contributed by atoms with van der Waals surface area (Å²) in [5, 5.41) is 27.8. The normalized spacial score (nSPS) is 22.6. The molecule has 0 aromatic heterocycles. The lowest BCUT2D eigenvalue weighted by Gasteiger charge is -2.15. The number of hydrogen-bond donors (Lipinski definition) is 3. The third-order valence-electron chi connectivity index (χ3n) is 4.65. The van der Waals surface area contributed by atoms with Gasteiger partial charge in [0.1, 0.15) is 0 Å². The van der Waals surface area contributed by atoms with Gasteiger partial charge in [-0.2, -0.15) is 0 Å². The van der Waals surface area contributed by atoms with E-state index >= 15 is 0 Å². The largest absolute Gasteiger partial charge is 0.481 e. The van der Waals surface area contributed by atoms with Gasteiger partial charge >= 0.3 is 5.97 Å². The van der Waals surface area contributed by atoms with Gasteiger partial charge in [0.05, 0.1) is 12.2 Å². The predicted molar refractivity (Wildman–Crippen MR) is 97.1 cm³/mol. The molecule has 0 spiro atoms. The minimum Gasteiger partial charge on any atom is -0.481 e. The number of ketones is 1. The molecule has 0 heterocycles. The van der Waals surface area contributed by atoms with Gasteiger partial charge in [-0.05, 0) is 45.1 Å². The SMILES string of the molecule is CC(O)CCC[C@H](O)C=C[C@H]1C=CC(=O)[C@@H]1CCCCCCC(=O)O. The van der Waals surface area contributed by atoms with Crippen molar-refractivity contribution in [1.29, 1.82) is 0 Å². The summed E-state index contributed by atoms with van der Waals surface area (Å²) in [5.41, 5.74) is 0.